The van der Waals surface area contributed by atoms with Gasteiger partial charge in [0.15, 0.2) is 6.61 Å². The summed E-state index contributed by atoms with van der Waals surface area (Å²) in [5.41, 5.74) is 2.07. The van der Waals surface area contributed by atoms with Crippen LogP contribution in [0.25, 0.3) is 0 Å². The summed E-state index contributed by atoms with van der Waals surface area (Å²) in [4.78, 5) is 13.8. The summed E-state index contributed by atoms with van der Waals surface area (Å²) in [6.45, 7) is 7.11. The number of aryl methyl sites for hydroxylation is 2. The smallest absolute Gasteiger partial charge is 0.260 e. The van der Waals surface area contributed by atoms with Crippen LogP contribution in [0.3, 0.4) is 0 Å². The van der Waals surface area contributed by atoms with Gasteiger partial charge in [0.05, 0.1) is 6.10 Å². The van der Waals surface area contributed by atoms with E-state index >= 15 is 0 Å². The van der Waals surface area contributed by atoms with Crippen molar-refractivity contribution in [1.29, 1.82) is 0 Å². The Labute approximate surface area is 120 Å². The number of carbonyl (C=O) groups is 1. The molecule has 20 heavy (non-hydrogen) atoms. The molecule has 1 fully saturated rings. The second-order valence-corrected chi connectivity index (χ2v) is 5.68. The summed E-state index contributed by atoms with van der Waals surface area (Å²) in [7, 11) is 0. The van der Waals surface area contributed by atoms with Crippen LogP contribution in [0.5, 0.6) is 5.75 Å². The predicted octanol–water partition coefficient (Wildman–Crippen LogP) is 1.91. The minimum atomic E-state index is -0.423. The molecule has 1 aliphatic rings. The van der Waals surface area contributed by atoms with Gasteiger partial charge in [-0.3, -0.25) is 4.79 Å². The molecule has 1 aliphatic heterocycles. The number of rotatable bonds is 3. The topological polar surface area (TPSA) is 49.8 Å². The molecule has 2 rings (SSSR count). The lowest BCUT2D eigenvalue weighted by atomic mass is 9.96. The van der Waals surface area contributed by atoms with E-state index in [1.54, 1.807) is 4.90 Å². The minimum Gasteiger partial charge on any atom is -0.483 e. The van der Waals surface area contributed by atoms with Gasteiger partial charge in [-0.2, -0.15) is 0 Å². The molecule has 0 saturated carbocycles. The third-order valence-electron chi connectivity index (χ3n) is 4.02. The Morgan fingerprint density at radius 3 is 2.65 bits per heavy atom. The maximum absolute atomic E-state index is 12.1. The molecule has 4 heteroatoms. The summed E-state index contributed by atoms with van der Waals surface area (Å²) in [5, 5.41) is 9.84. The fraction of sp³-hybridized carbons (Fsp3) is 0.562. The van der Waals surface area contributed by atoms with Crippen molar-refractivity contribution < 1.29 is 14.6 Å². The predicted molar refractivity (Wildman–Crippen MR) is 77.8 cm³/mol. The van der Waals surface area contributed by atoms with E-state index < -0.39 is 6.10 Å². The molecule has 2 atom stereocenters. The van der Waals surface area contributed by atoms with E-state index in [0.29, 0.717) is 13.1 Å². The number of para-hydroxylation sites is 1. The molecule has 0 bridgehead atoms. The van der Waals surface area contributed by atoms with Crippen molar-refractivity contribution in [2.24, 2.45) is 5.92 Å². The highest BCUT2D eigenvalue weighted by molar-refractivity contribution is 5.78. The Morgan fingerprint density at radius 1 is 1.40 bits per heavy atom. The molecule has 1 N–H and O–H groups in total. The number of carbonyl (C=O) groups excluding carboxylic acids is 1. The van der Waals surface area contributed by atoms with Crippen molar-refractivity contribution in [1.82, 2.24) is 4.90 Å². The standard InChI is InChI=1S/C16H23NO3/c1-11-7-8-17(9-14(11)18)15(19)10-20-16-12(2)5-4-6-13(16)3/h4-6,11,14,18H,7-10H2,1-3H3. The number of piperidine rings is 1. The molecule has 1 heterocycles. The van der Waals surface area contributed by atoms with Crippen molar-refractivity contribution in [3.8, 4) is 5.75 Å². The Morgan fingerprint density at radius 2 is 2.05 bits per heavy atom. The number of aliphatic hydroxyl groups excluding tert-OH is 1. The highest BCUT2D eigenvalue weighted by Crippen LogP contribution is 2.23. The number of β-amino-alcohol motifs (C(OH)–C–C–N with tert-alkyl or cyclic N) is 1. The first kappa shape index (κ1) is 14.9. The van der Waals surface area contributed by atoms with E-state index in [9.17, 15) is 9.90 Å². The Kier molecular flexibility index (Phi) is 4.65. The van der Waals surface area contributed by atoms with Crippen LogP contribution in [0.1, 0.15) is 24.5 Å². The van der Waals surface area contributed by atoms with E-state index in [2.05, 4.69) is 0 Å². The first-order valence-corrected chi connectivity index (χ1v) is 7.14. The molecule has 0 aromatic heterocycles. The van der Waals surface area contributed by atoms with Crippen LogP contribution in [0, 0.1) is 19.8 Å². The highest BCUT2D eigenvalue weighted by atomic mass is 16.5. The quantitative estimate of drug-likeness (QED) is 0.918. The van der Waals surface area contributed by atoms with Crippen LogP contribution >= 0.6 is 0 Å². The Bertz CT molecular complexity index is 466. The van der Waals surface area contributed by atoms with Gasteiger partial charge < -0.3 is 14.7 Å². The number of hydrogen-bond donors (Lipinski definition) is 1. The van der Waals surface area contributed by atoms with Gasteiger partial charge in [-0.25, -0.2) is 0 Å². The highest BCUT2D eigenvalue weighted by Gasteiger charge is 2.27. The van der Waals surface area contributed by atoms with E-state index in [0.717, 1.165) is 23.3 Å². The normalized spacial score (nSPS) is 22.7. The van der Waals surface area contributed by atoms with Crippen LogP contribution < -0.4 is 4.74 Å². The molecule has 1 saturated heterocycles. The maximum Gasteiger partial charge on any atom is 0.260 e. The zero-order valence-corrected chi connectivity index (χ0v) is 12.4. The van der Waals surface area contributed by atoms with Crippen molar-refractivity contribution in [3.05, 3.63) is 29.3 Å². The van der Waals surface area contributed by atoms with Crippen LogP contribution in [0.15, 0.2) is 18.2 Å². The molecule has 0 aliphatic carbocycles. The van der Waals surface area contributed by atoms with E-state index in [4.69, 9.17) is 4.74 Å². The lowest BCUT2D eigenvalue weighted by molar-refractivity contribution is -0.137. The fourth-order valence-electron chi connectivity index (χ4n) is 2.53. The van der Waals surface area contributed by atoms with Gasteiger partial charge >= 0.3 is 0 Å². The molecule has 0 spiro atoms. The Balaban J connectivity index is 1.92. The van der Waals surface area contributed by atoms with Gasteiger partial charge in [-0.1, -0.05) is 25.1 Å². The van der Waals surface area contributed by atoms with Gasteiger partial charge in [0.25, 0.3) is 5.91 Å². The first-order chi connectivity index (χ1) is 9.49. The first-order valence-electron chi connectivity index (χ1n) is 7.14. The summed E-state index contributed by atoms with van der Waals surface area (Å²) in [5.74, 6) is 0.990. The van der Waals surface area contributed by atoms with Gasteiger partial charge in [0.1, 0.15) is 5.75 Å². The summed E-state index contributed by atoms with van der Waals surface area (Å²) < 4.78 is 5.67. The monoisotopic (exact) mass is 277 g/mol. The van der Waals surface area contributed by atoms with E-state index in [1.807, 2.05) is 39.0 Å². The molecule has 110 valence electrons. The van der Waals surface area contributed by atoms with Crippen molar-refractivity contribution >= 4 is 5.91 Å². The zero-order valence-electron chi connectivity index (χ0n) is 12.4. The largest absolute Gasteiger partial charge is 0.483 e. The van der Waals surface area contributed by atoms with Crippen molar-refractivity contribution in [3.63, 3.8) is 0 Å². The average Bonchev–Trinajstić information content (AvgIpc) is 2.41. The second kappa shape index (κ2) is 6.27. The van der Waals surface area contributed by atoms with Gasteiger partial charge in [0, 0.05) is 13.1 Å². The van der Waals surface area contributed by atoms with E-state index in [1.165, 1.54) is 0 Å². The molecule has 1 aromatic carbocycles. The molecule has 1 amide bonds. The van der Waals surface area contributed by atoms with E-state index in [-0.39, 0.29) is 18.4 Å². The maximum atomic E-state index is 12.1. The minimum absolute atomic E-state index is 0.0345. The van der Waals surface area contributed by atoms with Crippen LogP contribution in [0.2, 0.25) is 0 Å². The number of nitrogens with zero attached hydrogens (tertiary/aromatic N) is 1. The average molecular weight is 277 g/mol. The van der Waals surface area contributed by atoms with Crippen LogP contribution in [-0.4, -0.2) is 41.7 Å². The lowest BCUT2D eigenvalue weighted by Crippen LogP contribution is -2.47. The molecule has 4 nitrogen and oxygen atoms in total. The van der Waals surface area contributed by atoms with Gasteiger partial charge in [-0.05, 0) is 37.3 Å². The molecular formula is C16H23NO3. The molecule has 1 aromatic rings. The number of benzene rings is 1. The summed E-state index contributed by atoms with van der Waals surface area (Å²) in [6, 6.07) is 5.92. The number of ether oxygens (including phenoxy) is 1. The molecule has 0 radical (unpaired) electrons. The number of hydrogen-bond acceptors (Lipinski definition) is 3. The summed E-state index contributed by atoms with van der Waals surface area (Å²) in [6.07, 6.45) is 0.420. The fourth-order valence-corrected chi connectivity index (χ4v) is 2.53. The molecular weight excluding hydrogens is 254 g/mol. The third kappa shape index (κ3) is 3.31. The number of aliphatic hydroxyl groups is 1. The Hall–Kier alpha value is -1.55. The zero-order chi connectivity index (χ0) is 14.7. The van der Waals surface area contributed by atoms with Crippen molar-refractivity contribution in [2.45, 2.75) is 33.3 Å². The summed E-state index contributed by atoms with van der Waals surface area (Å²) >= 11 is 0. The third-order valence-corrected chi connectivity index (χ3v) is 4.02. The SMILES string of the molecule is Cc1cccc(C)c1OCC(=O)N1CCC(C)C(O)C1. The van der Waals surface area contributed by atoms with Crippen LogP contribution in [0.4, 0.5) is 0 Å². The number of likely N-dealkylation sites (tertiary alicyclic amines) is 1. The molecule has 2 unspecified atom stereocenters. The number of amides is 1. The van der Waals surface area contributed by atoms with Gasteiger partial charge in [-0.15, -0.1) is 0 Å². The van der Waals surface area contributed by atoms with Gasteiger partial charge in [0.2, 0.25) is 0 Å². The second-order valence-electron chi connectivity index (χ2n) is 5.68. The lowest BCUT2D eigenvalue weighted by Gasteiger charge is -2.34. The van der Waals surface area contributed by atoms with Crippen LogP contribution in [-0.2, 0) is 4.79 Å². The van der Waals surface area contributed by atoms with Crippen molar-refractivity contribution in [2.75, 3.05) is 19.7 Å².